The topological polar surface area (TPSA) is 16.1 Å². The highest BCUT2D eigenvalue weighted by Gasteiger charge is 1.98. The Morgan fingerprint density at radius 3 is 2.77 bits per heavy atom. The summed E-state index contributed by atoms with van der Waals surface area (Å²) in [5.41, 5.74) is 2.01. The number of hydrogen-bond acceptors (Lipinski definition) is 2. The van der Waals surface area contributed by atoms with Gasteiger partial charge in [0.15, 0.2) is 0 Å². The summed E-state index contributed by atoms with van der Waals surface area (Å²) in [7, 11) is 3.98. The minimum atomic E-state index is 0.994. The van der Waals surface area contributed by atoms with Crippen LogP contribution >= 0.6 is 0 Å². The fourth-order valence-electron chi connectivity index (χ4n) is 1.24. The molecule has 0 saturated carbocycles. The molecule has 0 amide bonds. The molecule has 13 heavy (non-hydrogen) atoms. The van der Waals surface area contributed by atoms with E-state index in [0.29, 0.717) is 0 Å². The average molecular weight is 171 g/mol. The van der Waals surface area contributed by atoms with Crippen molar-refractivity contribution in [3.63, 3.8) is 0 Å². The van der Waals surface area contributed by atoms with Crippen LogP contribution in [-0.2, 0) is 0 Å². The highest BCUT2D eigenvalue weighted by molar-refractivity contribution is 5.81. The van der Waals surface area contributed by atoms with Crippen molar-refractivity contribution in [2.24, 2.45) is 0 Å². The smallest absolute Gasteiger partial charge is 0.115 e. The second kappa shape index (κ2) is 3.05. The number of anilines is 1. The standard InChI is InChI=1S/C11H11N2/c1-13(2)10-7-9-5-3-4-6-11(9)12-8-10/h3-7H,1-2H3. The molecule has 0 aliphatic carbocycles. The zero-order chi connectivity index (χ0) is 9.26. The summed E-state index contributed by atoms with van der Waals surface area (Å²) in [5.74, 6) is 0. The molecule has 0 aliphatic heterocycles. The predicted molar refractivity (Wildman–Crippen MR) is 54.9 cm³/mol. The summed E-state index contributed by atoms with van der Waals surface area (Å²) in [6.07, 6.45) is 2.99. The first-order valence-electron chi connectivity index (χ1n) is 4.22. The maximum absolute atomic E-state index is 4.24. The van der Waals surface area contributed by atoms with Crippen LogP contribution in [0.25, 0.3) is 10.9 Å². The van der Waals surface area contributed by atoms with E-state index in [1.165, 1.54) is 0 Å². The van der Waals surface area contributed by atoms with Gasteiger partial charge in [-0.25, -0.2) is 4.98 Å². The van der Waals surface area contributed by atoms with Crippen molar-refractivity contribution in [3.8, 4) is 0 Å². The van der Waals surface area contributed by atoms with E-state index in [-0.39, 0.29) is 0 Å². The Morgan fingerprint density at radius 1 is 1.23 bits per heavy atom. The zero-order valence-electron chi connectivity index (χ0n) is 7.78. The lowest BCUT2D eigenvalue weighted by molar-refractivity contribution is 1.12. The molecule has 0 spiro atoms. The quantitative estimate of drug-likeness (QED) is 0.653. The maximum Gasteiger partial charge on any atom is 0.115 e. The first-order valence-corrected chi connectivity index (χ1v) is 4.22. The lowest BCUT2D eigenvalue weighted by Gasteiger charge is -2.11. The highest BCUT2D eigenvalue weighted by Crippen LogP contribution is 2.16. The van der Waals surface area contributed by atoms with Crippen molar-refractivity contribution in [2.75, 3.05) is 19.0 Å². The third-order valence-corrected chi connectivity index (χ3v) is 2.00. The van der Waals surface area contributed by atoms with Gasteiger partial charge in [0.25, 0.3) is 0 Å². The molecule has 2 heteroatoms. The van der Waals surface area contributed by atoms with Crippen LogP contribution < -0.4 is 4.90 Å². The molecule has 0 saturated heterocycles. The zero-order valence-corrected chi connectivity index (χ0v) is 7.78. The van der Waals surface area contributed by atoms with Crippen LogP contribution in [0.1, 0.15) is 0 Å². The summed E-state index contributed by atoms with van der Waals surface area (Å²) in [4.78, 5) is 6.24. The van der Waals surface area contributed by atoms with Crippen LogP contribution in [-0.4, -0.2) is 19.1 Å². The molecule has 1 aromatic heterocycles. The number of nitrogens with zero attached hydrogens (tertiary/aromatic N) is 2. The van der Waals surface area contributed by atoms with E-state index in [4.69, 9.17) is 0 Å². The van der Waals surface area contributed by atoms with Gasteiger partial charge in [0, 0.05) is 19.5 Å². The molecule has 1 heterocycles. The molecule has 2 aromatic rings. The van der Waals surface area contributed by atoms with Crippen molar-refractivity contribution in [1.29, 1.82) is 0 Å². The van der Waals surface area contributed by atoms with Gasteiger partial charge in [-0.15, -0.1) is 0 Å². The van der Waals surface area contributed by atoms with Crippen molar-refractivity contribution < 1.29 is 0 Å². The number of aromatic nitrogens is 1. The molecule has 0 aliphatic rings. The van der Waals surface area contributed by atoms with Gasteiger partial charge in [0.05, 0.1) is 11.2 Å². The fraction of sp³-hybridized carbons (Fsp3) is 0.182. The number of para-hydroxylation sites is 1. The highest BCUT2D eigenvalue weighted by atomic mass is 15.1. The van der Waals surface area contributed by atoms with Crippen molar-refractivity contribution in [1.82, 2.24) is 4.98 Å². The van der Waals surface area contributed by atoms with Gasteiger partial charge in [-0.2, -0.15) is 0 Å². The van der Waals surface area contributed by atoms with E-state index >= 15 is 0 Å². The molecular weight excluding hydrogens is 160 g/mol. The second-order valence-electron chi connectivity index (χ2n) is 3.21. The predicted octanol–water partition coefficient (Wildman–Crippen LogP) is 2.10. The minimum absolute atomic E-state index is 0.994. The molecule has 0 atom stereocenters. The monoisotopic (exact) mass is 171 g/mol. The second-order valence-corrected chi connectivity index (χ2v) is 3.21. The minimum Gasteiger partial charge on any atom is -0.376 e. The van der Waals surface area contributed by atoms with Crippen LogP contribution in [0.3, 0.4) is 0 Å². The van der Waals surface area contributed by atoms with E-state index in [0.717, 1.165) is 16.6 Å². The summed E-state index contributed by atoms with van der Waals surface area (Å²) >= 11 is 0. The largest absolute Gasteiger partial charge is 0.376 e. The van der Waals surface area contributed by atoms with E-state index in [1.54, 1.807) is 0 Å². The van der Waals surface area contributed by atoms with Gasteiger partial charge in [-0.3, -0.25) is 0 Å². The maximum atomic E-state index is 4.24. The Labute approximate surface area is 77.8 Å². The van der Waals surface area contributed by atoms with Crippen LogP contribution in [0.5, 0.6) is 0 Å². The van der Waals surface area contributed by atoms with Crippen molar-refractivity contribution in [2.45, 2.75) is 0 Å². The van der Waals surface area contributed by atoms with Gasteiger partial charge in [0.2, 0.25) is 0 Å². The number of hydrogen-bond donors (Lipinski definition) is 0. The van der Waals surface area contributed by atoms with Crippen LogP contribution in [0, 0.1) is 6.20 Å². The number of fused-ring (bicyclic) bond motifs is 1. The summed E-state index contributed by atoms with van der Waals surface area (Å²) in [6.45, 7) is 0. The molecule has 2 rings (SSSR count). The Kier molecular flexibility index (Phi) is 1.89. The SMILES string of the molecule is CN(C)c1[c]nc2ccccc2c1. The Hall–Kier alpha value is -1.57. The summed E-state index contributed by atoms with van der Waals surface area (Å²) in [5, 5.41) is 1.16. The van der Waals surface area contributed by atoms with Crippen LogP contribution in [0.15, 0.2) is 30.3 Å². The van der Waals surface area contributed by atoms with Crippen molar-refractivity contribution >= 4 is 16.6 Å². The Balaban J connectivity index is 2.62. The molecule has 65 valence electrons. The van der Waals surface area contributed by atoms with Crippen LogP contribution in [0.2, 0.25) is 0 Å². The Morgan fingerprint density at radius 2 is 2.00 bits per heavy atom. The lowest BCUT2D eigenvalue weighted by atomic mass is 10.2. The fourth-order valence-corrected chi connectivity index (χ4v) is 1.24. The van der Waals surface area contributed by atoms with Gasteiger partial charge in [-0.1, -0.05) is 18.2 Å². The molecule has 1 radical (unpaired) electrons. The van der Waals surface area contributed by atoms with E-state index in [9.17, 15) is 0 Å². The summed E-state index contributed by atoms with van der Waals surface area (Å²) in [6, 6.07) is 10.1. The normalized spacial score (nSPS) is 10.3. The molecular formula is C11H11N2. The van der Waals surface area contributed by atoms with Crippen LogP contribution in [0.4, 0.5) is 5.69 Å². The molecule has 0 bridgehead atoms. The molecule has 0 unspecified atom stereocenters. The number of rotatable bonds is 1. The molecule has 0 fully saturated rings. The Bertz CT molecular complexity index is 421. The van der Waals surface area contributed by atoms with Gasteiger partial charge >= 0.3 is 0 Å². The van der Waals surface area contributed by atoms with E-state index in [2.05, 4.69) is 23.3 Å². The third kappa shape index (κ3) is 1.47. The lowest BCUT2D eigenvalue weighted by Crippen LogP contribution is -2.08. The van der Waals surface area contributed by atoms with E-state index < -0.39 is 0 Å². The van der Waals surface area contributed by atoms with Gasteiger partial charge < -0.3 is 4.90 Å². The first kappa shape index (κ1) is 8.05. The van der Waals surface area contributed by atoms with Crippen molar-refractivity contribution in [3.05, 3.63) is 36.5 Å². The van der Waals surface area contributed by atoms with Gasteiger partial charge in [0.1, 0.15) is 6.20 Å². The van der Waals surface area contributed by atoms with Gasteiger partial charge in [-0.05, 0) is 12.1 Å². The van der Waals surface area contributed by atoms with E-state index in [1.807, 2.05) is 37.2 Å². The average Bonchev–Trinajstić information content (AvgIpc) is 2.17. The molecule has 1 aromatic carbocycles. The molecule has 0 N–H and O–H groups in total. The number of pyridine rings is 1. The summed E-state index contributed by atoms with van der Waals surface area (Å²) < 4.78 is 0. The molecule has 2 nitrogen and oxygen atoms in total. The third-order valence-electron chi connectivity index (χ3n) is 2.00. The first-order chi connectivity index (χ1) is 6.27. The number of benzene rings is 1.